The van der Waals surface area contributed by atoms with E-state index in [-0.39, 0.29) is 11.9 Å². The molecule has 3 aromatic rings. The van der Waals surface area contributed by atoms with Gasteiger partial charge in [0.1, 0.15) is 30.4 Å². The topological polar surface area (TPSA) is 50.8 Å². The second-order valence-corrected chi connectivity index (χ2v) is 8.19. The summed E-state index contributed by atoms with van der Waals surface area (Å²) in [5, 5.41) is 3.67. The lowest BCUT2D eigenvalue weighted by Crippen LogP contribution is -2.59. The minimum atomic E-state index is -0.617. The number of anilines is 1. The van der Waals surface area contributed by atoms with E-state index in [1.807, 2.05) is 83.8 Å². The van der Waals surface area contributed by atoms with Crippen LogP contribution in [-0.2, 0) is 5.66 Å². The summed E-state index contributed by atoms with van der Waals surface area (Å²) in [6.07, 6.45) is 0.733. The number of amides is 1. The third kappa shape index (κ3) is 4.15. The molecule has 0 aliphatic carbocycles. The first-order valence-electron chi connectivity index (χ1n) is 11.2. The summed E-state index contributed by atoms with van der Waals surface area (Å²) in [5.41, 5.74) is 2.00. The molecule has 0 radical (unpaired) electrons. The molecule has 3 aromatic carbocycles. The van der Waals surface area contributed by atoms with Crippen molar-refractivity contribution in [2.45, 2.75) is 38.9 Å². The molecule has 0 aromatic heterocycles. The summed E-state index contributed by atoms with van der Waals surface area (Å²) in [7, 11) is 0. The van der Waals surface area contributed by atoms with Gasteiger partial charge in [-0.2, -0.15) is 0 Å². The molecule has 4 rings (SSSR count). The van der Waals surface area contributed by atoms with Crippen molar-refractivity contribution in [1.82, 2.24) is 4.90 Å². The average molecular weight is 431 g/mol. The predicted octanol–water partition coefficient (Wildman–Crippen LogP) is 5.68. The molecule has 1 atom stereocenters. The lowest BCUT2D eigenvalue weighted by Gasteiger charge is -2.50. The molecule has 1 N–H and O–H groups in total. The van der Waals surface area contributed by atoms with E-state index in [2.05, 4.69) is 26.1 Å². The van der Waals surface area contributed by atoms with E-state index in [0.717, 1.165) is 29.2 Å². The number of nitrogens with one attached hydrogen (secondary N) is 1. The molecule has 166 valence electrons. The van der Waals surface area contributed by atoms with Gasteiger partial charge in [-0.05, 0) is 62.2 Å². The van der Waals surface area contributed by atoms with Crippen LogP contribution in [-0.4, -0.2) is 30.1 Å². The lowest BCUT2D eigenvalue weighted by molar-refractivity contribution is 0.0371. The molecule has 1 heterocycles. The van der Waals surface area contributed by atoms with Gasteiger partial charge in [0.2, 0.25) is 0 Å². The molecule has 0 bridgehead atoms. The van der Waals surface area contributed by atoms with Crippen molar-refractivity contribution >= 4 is 11.6 Å². The number of hydrogen-bond donors (Lipinski definition) is 1. The molecular weight excluding hydrogens is 400 g/mol. The number of hydrogen-bond acceptors (Lipinski definition) is 4. The zero-order valence-electron chi connectivity index (χ0n) is 18.9. The van der Waals surface area contributed by atoms with Crippen molar-refractivity contribution in [3.8, 4) is 11.5 Å². The Balaban J connectivity index is 1.51. The number of para-hydroxylation sites is 2. The van der Waals surface area contributed by atoms with Crippen molar-refractivity contribution < 1.29 is 14.3 Å². The molecule has 1 amide bonds. The van der Waals surface area contributed by atoms with Gasteiger partial charge in [-0.15, -0.1) is 0 Å². The molecule has 32 heavy (non-hydrogen) atoms. The molecule has 1 aliphatic rings. The molecular formula is C27H30N2O3. The fourth-order valence-electron chi connectivity index (χ4n) is 4.38. The molecule has 0 fully saturated rings. The molecule has 0 saturated heterocycles. The summed E-state index contributed by atoms with van der Waals surface area (Å²) in [6.45, 7) is 7.15. The lowest BCUT2D eigenvalue weighted by atomic mass is 9.88. The van der Waals surface area contributed by atoms with E-state index in [0.29, 0.717) is 18.8 Å². The predicted molar refractivity (Wildman–Crippen MR) is 127 cm³/mol. The van der Waals surface area contributed by atoms with Crippen LogP contribution in [0.15, 0.2) is 78.9 Å². The van der Waals surface area contributed by atoms with E-state index in [9.17, 15) is 4.79 Å². The van der Waals surface area contributed by atoms with Gasteiger partial charge in [-0.3, -0.25) is 4.79 Å². The Morgan fingerprint density at radius 3 is 2.06 bits per heavy atom. The van der Waals surface area contributed by atoms with E-state index >= 15 is 0 Å². The highest BCUT2D eigenvalue weighted by atomic mass is 16.5. The summed E-state index contributed by atoms with van der Waals surface area (Å²) in [6, 6.07) is 25.5. The van der Waals surface area contributed by atoms with Gasteiger partial charge >= 0.3 is 0 Å². The Morgan fingerprint density at radius 2 is 1.44 bits per heavy atom. The van der Waals surface area contributed by atoms with Gasteiger partial charge < -0.3 is 19.7 Å². The zero-order chi connectivity index (χ0) is 22.6. The van der Waals surface area contributed by atoms with Crippen molar-refractivity contribution in [3.05, 3.63) is 90.0 Å². The number of ether oxygens (including phenoxy) is 2. The maximum Gasteiger partial charge on any atom is 0.258 e. The Bertz CT molecular complexity index is 1050. The van der Waals surface area contributed by atoms with E-state index in [1.54, 1.807) is 0 Å². The number of rotatable bonds is 8. The van der Waals surface area contributed by atoms with Crippen LogP contribution in [0.25, 0.3) is 0 Å². The first-order chi connectivity index (χ1) is 15.5. The highest BCUT2D eigenvalue weighted by Gasteiger charge is 2.45. The van der Waals surface area contributed by atoms with Crippen LogP contribution >= 0.6 is 0 Å². The zero-order valence-corrected chi connectivity index (χ0v) is 18.9. The van der Waals surface area contributed by atoms with Crippen LogP contribution in [0.1, 0.15) is 43.1 Å². The van der Waals surface area contributed by atoms with E-state index < -0.39 is 5.66 Å². The summed E-state index contributed by atoms with van der Waals surface area (Å²) in [4.78, 5) is 15.4. The van der Waals surface area contributed by atoms with Crippen LogP contribution in [0.2, 0.25) is 0 Å². The normalized spacial score (nSPS) is 17.6. The van der Waals surface area contributed by atoms with Gasteiger partial charge in [0, 0.05) is 11.7 Å². The number of benzene rings is 3. The first kappa shape index (κ1) is 21.8. The van der Waals surface area contributed by atoms with E-state index in [4.69, 9.17) is 9.47 Å². The van der Waals surface area contributed by atoms with Crippen molar-refractivity contribution in [2.75, 3.05) is 18.5 Å². The van der Waals surface area contributed by atoms with Crippen LogP contribution in [0, 0.1) is 0 Å². The van der Waals surface area contributed by atoms with Crippen molar-refractivity contribution in [3.63, 3.8) is 0 Å². The van der Waals surface area contributed by atoms with Crippen LogP contribution in [0.3, 0.4) is 0 Å². The first-order valence-corrected chi connectivity index (χ1v) is 11.2. The van der Waals surface area contributed by atoms with Gasteiger partial charge in [0.05, 0.1) is 5.56 Å². The SMILES string of the molecule is CCC1(c2ccc(OCCOc3ccccc3)cc2)Nc2ccccc2C(=O)N1C(C)C. The quantitative estimate of drug-likeness (QED) is 0.467. The smallest absolute Gasteiger partial charge is 0.258 e. The second-order valence-electron chi connectivity index (χ2n) is 8.19. The third-order valence-electron chi connectivity index (χ3n) is 5.85. The van der Waals surface area contributed by atoms with Gasteiger partial charge in [0.15, 0.2) is 0 Å². The minimum Gasteiger partial charge on any atom is -0.490 e. The average Bonchev–Trinajstić information content (AvgIpc) is 2.82. The third-order valence-corrected chi connectivity index (χ3v) is 5.85. The van der Waals surface area contributed by atoms with Crippen molar-refractivity contribution in [1.29, 1.82) is 0 Å². The largest absolute Gasteiger partial charge is 0.490 e. The summed E-state index contributed by atoms with van der Waals surface area (Å²) in [5.74, 6) is 1.66. The molecule has 0 saturated carbocycles. The fourth-order valence-corrected chi connectivity index (χ4v) is 4.38. The van der Waals surface area contributed by atoms with E-state index in [1.165, 1.54) is 0 Å². The number of carbonyl (C=O) groups excluding carboxylic acids is 1. The molecule has 0 spiro atoms. The molecule has 1 unspecified atom stereocenters. The Morgan fingerprint density at radius 1 is 0.844 bits per heavy atom. The highest BCUT2D eigenvalue weighted by Crippen LogP contribution is 2.41. The Hall–Kier alpha value is -3.47. The standard InChI is InChI=1S/C27H30N2O3/c1-4-27(28-25-13-9-8-12-24(25)26(30)29(27)20(2)3)21-14-16-23(17-15-21)32-19-18-31-22-10-6-5-7-11-22/h5-17,20,28H,4,18-19H2,1-3H3. The maximum absolute atomic E-state index is 13.4. The fraction of sp³-hybridized carbons (Fsp3) is 0.296. The Labute approximate surface area is 190 Å². The van der Waals surface area contributed by atoms with Crippen LogP contribution in [0.5, 0.6) is 11.5 Å². The maximum atomic E-state index is 13.4. The number of fused-ring (bicyclic) bond motifs is 1. The van der Waals surface area contributed by atoms with Gasteiger partial charge in [-0.1, -0.05) is 49.4 Å². The molecule has 5 heteroatoms. The summed E-state index contributed by atoms with van der Waals surface area (Å²) >= 11 is 0. The number of carbonyl (C=O) groups is 1. The minimum absolute atomic E-state index is 0.0365. The molecule has 1 aliphatic heterocycles. The summed E-state index contributed by atoms with van der Waals surface area (Å²) < 4.78 is 11.5. The molecule has 5 nitrogen and oxygen atoms in total. The van der Waals surface area contributed by atoms with Crippen LogP contribution < -0.4 is 14.8 Å². The number of nitrogens with zero attached hydrogens (tertiary/aromatic N) is 1. The van der Waals surface area contributed by atoms with Crippen molar-refractivity contribution in [2.24, 2.45) is 0 Å². The Kier molecular flexibility index (Phi) is 6.35. The van der Waals surface area contributed by atoms with Gasteiger partial charge in [-0.25, -0.2) is 0 Å². The van der Waals surface area contributed by atoms with Gasteiger partial charge in [0.25, 0.3) is 5.91 Å². The van der Waals surface area contributed by atoms with Crippen LogP contribution in [0.4, 0.5) is 5.69 Å². The monoisotopic (exact) mass is 430 g/mol. The second kappa shape index (κ2) is 9.35. The highest BCUT2D eigenvalue weighted by molar-refractivity contribution is 6.02.